The minimum atomic E-state index is -0.893. The zero-order valence-corrected chi connectivity index (χ0v) is 24.8. The van der Waals surface area contributed by atoms with Crippen molar-refractivity contribution in [2.45, 2.75) is 22.0 Å². The summed E-state index contributed by atoms with van der Waals surface area (Å²) < 4.78 is 16.9. The highest BCUT2D eigenvalue weighted by Gasteiger charge is 2.49. The number of carbonyl (C=O) groups is 1. The number of nitrogens with zero attached hydrogens (tertiary/aromatic N) is 2. The number of likely N-dealkylation sites (N-methyl/N-ethyl adjacent to an activating group) is 2. The number of methoxy groups -OCH3 is 1. The molecule has 0 fully saturated rings. The second-order valence-electron chi connectivity index (χ2n) is 9.59. The van der Waals surface area contributed by atoms with Gasteiger partial charge in [-0.2, -0.15) is 4.89 Å². The summed E-state index contributed by atoms with van der Waals surface area (Å²) in [5, 5.41) is 0. The zero-order chi connectivity index (χ0) is 28.1. The third-order valence-electron chi connectivity index (χ3n) is 6.98. The quantitative estimate of drug-likeness (QED) is 0.201. The number of ether oxygens (including phenoxy) is 3. The lowest BCUT2D eigenvalue weighted by molar-refractivity contribution is -0.194. The third-order valence-corrected chi connectivity index (χ3v) is 9.95. The van der Waals surface area contributed by atoms with Crippen LogP contribution in [0.3, 0.4) is 0 Å². The van der Waals surface area contributed by atoms with E-state index in [2.05, 4.69) is 18.0 Å². The van der Waals surface area contributed by atoms with Gasteiger partial charge in [0, 0.05) is 42.2 Å². The summed E-state index contributed by atoms with van der Waals surface area (Å²) in [6.45, 7) is 3.16. The molecular weight excluding hydrogens is 548 g/mol. The van der Waals surface area contributed by atoms with Gasteiger partial charge in [-0.05, 0) is 62.2 Å². The fourth-order valence-electron chi connectivity index (χ4n) is 4.70. The first-order chi connectivity index (χ1) is 19.4. The standard InChI is InChI=1S/C30H34N2O6S2/c1-31(15-17-35-23-11-10-21-20-37-38-27(21)19-23)14-7-16-36-26-13-12-22(34-3)18-24(26)30(39-4)29(33)32(2)25-8-5-6-9-28(25)40-30/h5-6,8-13,18-19H,7,14-17,20H2,1-4H3. The summed E-state index contributed by atoms with van der Waals surface area (Å²) >= 11 is 3.07. The van der Waals surface area contributed by atoms with E-state index in [4.69, 9.17) is 24.0 Å². The lowest BCUT2D eigenvalue weighted by Crippen LogP contribution is -2.44. The summed E-state index contributed by atoms with van der Waals surface area (Å²) in [5.74, 6) is 2.86. The molecule has 0 bridgehead atoms. The van der Waals surface area contributed by atoms with Gasteiger partial charge in [-0.25, -0.2) is 0 Å². The van der Waals surface area contributed by atoms with Crippen molar-refractivity contribution in [2.75, 3.05) is 58.7 Å². The highest BCUT2D eigenvalue weighted by atomic mass is 32.2. The lowest BCUT2D eigenvalue weighted by atomic mass is 10.1. The van der Waals surface area contributed by atoms with Crippen molar-refractivity contribution < 1.29 is 28.8 Å². The number of benzene rings is 3. The Balaban J connectivity index is 1.20. The summed E-state index contributed by atoms with van der Waals surface area (Å²) in [4.78, 5) is 29.0. The fraction of sp³-hybridized carbons (Fsp3) is 0.367. The number of anilines is 1. The Kier molecular flexibility index (Phi) is 9.00. The van der Waals surface area contributed by atoms with Gasteiger partial charge in [0.25, 0.3) is 5.91 Å². The van der Waals surface area contributed by atoms with Gasteiger partial charge in [0.1, 0.15) is 30.5 Å². The van der Waals surface area contributed by atoms with Crippen molar-refractivity contribution >= 4 is 35.1 Å². The highest BCUT2D eigenvalue weighted by molar-refractivity contribution is 8.18. The van der Waals surface area contributed by atoms with Crippen LogP contribution in [0.1, 0.15) is 17.5 Å². The molecule has 3 aromatic rings. The molecule has 2 heterocycles. The molecule has 1 unspecified atom stereocenters. The Morgan fingerprint density at radius 2 is 1.88 bits per heavy atom. The average Bonchev–Trinajstić information content (AvgIpc) is 3.45. The van der Waals surface area contributed by atoms with Crippen LogP contribution in [-0.4, -0.2) is 64.6 Å². The van der Waals surface area contributed by atoms with E-state index < -0.39 is 4.08 Å². The molecule has 0 saturated carbocycles. The van der Waals surface area contributed by atoms with Crippen molar-refractivity contribution in [3.63, 3.8) is 0 Å². The largest absolute Gasteiger partial charge is 0.497 e. The average molecular weight is 583 g/mol. The van der Waals surface area contributed by atoms with Crippen molar-refractivity contribution in [1.29, 1.82) is 0 Å². The second kappa shape index (κ2) is 12.6. The maximum atomic E-state index is 13.8. The molecule has 8 nitrogen and oxygen atoms in total. The summed E-state index contributed by atoms with van der Waals surface area (Å²) in [6.07, 6.45) is 2.79. The fourth-order valence-corrected chi connectivity index (χ4v) is 7.26. The van der Waals surface area contributed by atoms with Crippen LogP contribution >= 0.6 is 23.5 Å². The monoisotopic (exact) mass is 582 g/mol. The number of hydrogen-bond donors (Lipinski definition) is 0. The number of rotatable bonds is 12. The van der Waals surface area contributed by atoms with Crippen molar-refractivity contribution in [3.05, 3.63) is 71.8 Å². The molecular formula is C30H34N2O6S2. The van der Waals surface area contributed by atoms with Crippen LogP contribution in [0.4, 0.5) is 5.69 Å². The van der Waals surface area contributed by atoms with Gasteiger partial charge in [0.05, 0.1) is 19.4 Å². The van der Waals surface area contributed by atoms with Crippen LogP contribution in [-0.2, 0) is 20.4 Å². The maximum Gasteiger partial charge on any atom is 0.258 e. The van der Waals surface area contributed by atoms with Crippen molar-refractivity contribution in [2.24, 2.45) is 0 Å². The molecule has 2 aliphatic rings. The number of hydrogen-bond acceptors (Lipinski definition) is 9. The smallest absolute Gasteiger partial charge is 0.258 e. The van der Waals surface area contributed by atoms with Crippen LogP contribution in [0.2, 0.25) is 0 Å². The molecule has 0 N–H and O–H groups in total. The Bertz CT molecular complexity index is 1360. The number of amides is 1. The molecule has 0 aliphatic carbocycles. The summed E-state index contributed by atoms with van der Waals surface area (Å²) in [6, 6.07) is 19.5. The van der Waals surface area contributed by atoms with Crippen LogP contribution in [0.15, 0.2) is 65.6 Å². The van der Waals surface area contributed by atoms with E-state index >= 15 is 0 Å². The van der Waals surface area contributed by atoms with Gasteiger partial charge in [-0.3, -0.25) is 4.79 Å². The highest BCUT2D eigenvalue weighted by Crippen LogP contribution is 2.58. The number of carbonyl (C=O) groups excluding carboxylic acids is 1. The molecule has 0 radical (unpaired) electrons. The van der Waals surface area contributed by atoms with E-state index in [0.29, 0.717) is 37.1 Å². The van der Waals surface area contributed by atoms with E-state index in [1.54, 1.807) is 23.8 Å². The Hall–Kier alpha value is -3.05. The minimum Gasteiger partial charge on any atom is -0.497 e. The number of para-hydroxylation sites is 1. The number of thioether (sulfide) groups is 2. The molecule has 2 aliphatic heterocycles. The predicted molar refractivity (Wildman–Crippen MR) is 159 cm³/mol. The van der Waals surface area contributed by atoms with Gasteiger partial charge >= 0.3 is 0 Å². The SMILES string of the molecule is COc1ccc(OCCCN(C)CCOc2ccc3c(c2)OOC3)c(C2(SC)Sc3ccccc3N(C)C2=O)c1. The van der Waals surface area contributed by atoms with Crippen LogP contribution in [0.25, 0.3) is 0 Å². The molecule has 5 rings (SSSR count). The molecule has 1 amide bonds. The van der Waals surface area contributed by atoms with Crippen LogP contribution in [0, 0.1) is 0 Å². The van der Waals surface area contributed by atoms with E-state index in [0.717, 1.165) is 47.0 Å². The maximum absolute atomic E-state index is 13.8. The lowest BCUT2D eigenvalue weighted by Gasteiger charge is -2.40. The first kappa shape index (κ1) is 28.5. The van der Waals surface area contributed by atoms with Gasteiger partial charge < -0.3 is 28.9 Å². The van der Waals surface area contributed by atoms with Gasteiger partial charge in [-0.15, -0.1) is 11.8 Å². The minimum absolute atomic E-state index is 0.00370. The van der Waals surface area contributed by atoms with Gasteiger partial charge in [0.2, 0.25) is 0 Å². The van der Waals surface area contributed by atoms with Crippen LogP contribution < -0.4 is 24.0 Å². The molecule has 0 aromatic heterocycles. The number of fused-ring (bicyclic) bond motifs is 2. The predicted octanol–water partition coefficient (Wildman–Crippen LogP) is 5.58. The molecule has 3 aromatic carbocycles. The molecule has 10 heteroatoms. The normalized spacial score (nSPS) is 17.8. The summed E-state index contributed by atoms with van der Waals surface area (Å²) in [7, 11) is 5.53. The van der Waals surface area contributed by atoms with Gasteiger partial charge in [-0.1, -0.05) is 23.9 Å². The molecule has 0 spiro atoms. The molecule has 212 valence electrons. The zero-order valence-electron chi connectivity index (χ0n) is 23.2. The van der Waals surface area contributed by atoms with E-state index in [1.165, 1.54) is 11.8 Å². The topological polar surface area (TPSA) is 69.7 Å². The molecule has 40 heavy (non-hydrogen) atoms. The Morgan fingerprint density at radius 3 is 2.70 bits per heavy atom. The summed E-state index contributed by atoms with van der Waals surface area (Å²) in [5.41, 5.74) is 2.75. The molecule has 1 atom stereocenters. The van der Waals surface area contributed by atoms with Crippen LogP contribution in [0.5, 0.6) is 23.0 Å². The first-order valence-electron chi connectivity index (χ1n) is 13.1. The van der Waals surface area contributed by atoms with E-state index in [-0.39, 0.29) is 5.91 Å². The van der Waals surface area contributed by atoms with E-state index in [9.17, 15) is 4.79 Å². The first-order valence-corrected chi connectivity index (χ1v) is 15.2. The van der Waals surface area contributed by atoms with Crippen molar-refractivity contribution in [1.82, 2.24) is 4.90 Å². The van der Waals surface area contributed by atoms with Gasteiger partial charge in [0.15, 0.2) is 9.83 Å². The van der Waals surface area contributed by atoms with E-state index in [1.807, 2.05) is 67.9 Å². The Labute approximate surface area is 243 Å². The third kappa shape index (κ3) is 5.85. The molecule has 0 saturated heterocycles. The van der Waals surface area contributed by atoms with Crippen molar-refractivity contribution in [3.8, 4) is 23.0 Å². The second-order valence-corrected chi connectivity index (χ2v) is 12.1. The Morgan fingerprint density at radius 1 is 1.05 bits per heavy atom.